The number of carbonyl (C=O) groups excluding carboxylic acids is 1. The lowest BCUT2D eigenvalue weighted by Gasteiger charge is -2.04. The van der Waals surface area contributed by atoms with Gasteiger partial charge in [-0.2, -0.15) is 4.98 Å². The van der Waals surface area contributed by atoms with Gasteiger partial charge < -0.3 is 9.84 Å². The highest BCUT2D eigenvalue weighted by Crippen LogP contribution is 2.25. The molecule has 0 spiro atoms. The Labute approximate surface area is 152 Å². The Hall–Kier alpha value is -3.26. The molecule has 0 fully saturated rings. The summed E-state index contributed by atoms with van der Waals surface area (Å²) >= 11 is 6.09. The second-order valence-corrected chi connectivity index (χ2v) is 5.72. The van der Waals surface area contributed by atoms with E-state index in [0.717, 1.165) is 0 Å². The lowest BCUT2D eigenvalue weighted by atomic mass is 10.2. The van der Waals surface area contributed by atoms with Crippen molar-refractivity contribution in [3.8, 4) is 11.4 Å². The maximum Gasteiger partial charge on any atom is 0.292 e. The maximum atomic E-state index is 12.0. The molecule has 8 nitrogen and oxygen atoms in total. The largest absolute Gasteiger partial charge is 0.339 e. The molecule has 3 aromatic rings. The highest BCUT2D eigenvalue weighted by molar-refractivity contribution is 6.33. The summed E-state index contributed by atoms with van der Waals surface area (Å²) in [5.74, 6) is 0.221. The van der Waals surface area contributed by atoms with Crippen molar-refractivity contribution < 1.29 is 14.2 Å². The van der Waals surface area contributed by atoms with E-state index in [9.17, 15) is 14.9 Å². The van der Waals surface area contributed by atoms with Gasteiger partial charge in [0, 0.05) is 24.5 Å². The second kappa shape index (κ2) is 7.75. The van der Waals surface area contributed by atoms with E-state index in [1.54, 1.807) is 30.3 Å². The van der Waals surface area contributed by atoms with Crippen molar-refractivity contribution in [1.29, 1.82) is 0 Å². The molecule has 1 aromatic heterocycles. The van der Waals surface area contributed by atoms with Crippen molar-refractivity contribution in [3.05, 3.63) is 69.6 Å². The fourth-order valence-electron chi connectivity index (χ4n) is 2.28. The van der Waals surface area contributed by atoms with Gasteiger partial charge in [-0.25, -0.2) is 0 Å². The molecule has 3 rings (SSSR count). The van der Waals surface area contributed by atoms with E-state index in [-0.39, 0.29) is 30.1 Å². The Morgan fingerprint density at radius 2 is 1.92 bits per heavy atom. The molecule has 0 aliphatic heterocycles. The molecular weight excluding hydrogens is 360 g/mol. The molecule has 0 saturated carbocycles. The number of nitro groups is 1. The lowest BCUT2D eigenvalue weighted by molar-refractivity contribution is -0.383. The van der Waals surface area contributed by atoms with Crippen LogP contribution in [0.15, 0.2) is 53.1 Å². The van der Waals surface area contributed by atoms with E-state index in [1.165, 1.54) is 18.2 Å². The van der Waals surface area contributed by atoms with Crippen LogP contribution in [0, 0.1) is 10.1 Å². The summed E-state index contributed by atoms with van der Waals surface area (Å²) in [5, 5.41) is 17.8. The van der Waals surface area contributed by atoms with Gasteiger partial charge in [0.05, 0.1) is 9.95 Å². The fraction of sp³-hybridized carbons (Fsp3) is 0.118. The van der Waals surface area contributed by atoms with Crippen molar-refractivity contribution in [2.45, 2.75) is 12.8 Å². The van der Waals surface area contributed by atoms with E-state index in [2.05, 4.69) is 15.5 Å². The molecule has 132 valence electrons. The van der Waals surface area contributed by atoms with Crippen LogP contribution in [-0.4, -0.2) is 21.0 Å². The highest BCUT2D eigenvalue weighted by Gasteiger charge is 2.16. The highest BCUT2D eigenvalue weighted by atomic mass is 35.5. The number of nitrogens with one attached hydrogen (secondary N) is 1. The lowest BCUT2D eigenvalue weighted by Crippen LogP contribution is -2.13. The monoisotopic (exact) mass is 372 g/mol. The van der Waals surface area contributed by atoms with Gasteiger partial charge in [0.15, 0.2) is 0 Å². The zero-order chi connectivity index (χ0) is 18.5. The fourth-order valence-corrected chi connectivity index (χ4v) is 2.50. The van der Waals surface area contributed by atoms with Crippen LogP contribution in [0.4, 0.5) is 11.4 Å². The van der Waals surface area contributed by atoms with Crippen LogP contribution >= 0.6 is 11.6 Å². The van der Waals surface area contributed by atoms with E-state index in [1.807, 2.05) is 0 Å². The van der Waals surface area contributed by atoms with Gasteiger partial charge in [-0.15, -0.1) is 0 Å². The number of amides is 1. The molecule has 0 radical (unpaired) electrons. The summed E-state index contributed by atoms with van der Waals surface area (Å²) in [6, 6.07) is 13.0. The minimum absolute atomic E-state index is 0.0379. The maximum absolute atomic E-state index is 12.0. The number of carbonyl (C=O) groups is 1. The molecule has 0 aliphatic rings. The van der Waals surface area contributed by atoms with Crippen LogP contribution in [-0.2, 0) is 11.2 Å². The predicted molar refractivity (Wildman–Crippen MR) is 94.8 cm³/mol. The normalized spacial score (nSPS) is 10.5. The molecule has 0 unspecified atom stereocenters. The second-order valence-electron chi connectivity index (χ2n) is 5.31. The van der Waals surface area contributed by atoms with E-state index in [0.29, 0.717) is 16.4 Å². The summed E-state index contributed by atoms with van der Waals surface area (Å²) in [4.78, 5) is 26.7. The molecule has 0 bridgehead atoms. The number of nitro benzene ring substituents is 1. The van der Waals surface area contributed by atoms with E-state index >= 15 is 0 Å². The molecule has 2 aromatic carbocycles. The first-order chi connectivity index (χ1) is 12.5. The third-order valence-electron chi connectivity index (χ3n) is 3.52. The number of halogens is 1. The Balaban J connectivity index is 1.63. The van der Waals surface area contributed by atoms with Gasteiger partial charge in [-0.1, -0.05) is 41.0 Å². The smallest absolute Gasteiger partial charge is 0.292 e. The number of hydrogen-bond donors (Lipinski definition) is 1. The number of aromatic nitrogens is 2. The molecule has 1 amide bonds. The van der Waals surface area contributed by atoms with Crippen molar-refractivity contribution >= 4 is 28.9 Å². The number of para-hydroxylation sites is 2. The Morgan fingerprint density at radius 1 is 1.19 bits per heavy atom. The average molecular weight is 373 g/mol. The predicted octanol–water partition coefficient (Wildman–Crippen LogP) is 3.87. The van der Waals surface area contributed by atoms with Gasteiger partial charge in [0.2, 0.25) is 17.6 Å². The molecule has 1 N–H and O–H groups in total. The van der Waals surface area contributed by atoms with Crippen LogP contribution in [0.25, 0.3) is 11.4 Å². The number of aryl methyl sites for hydroxylation is 1. The van der Waals surface area contributed by atoms with E-state index in [4.69, 9.17) is 16.1 Å². The first-order valence-electron chi connectivity index (χ1n) is 7.65. The van der Waals surface area contributed by atoms with Crippen LogP contribution in [0.3, 0.4) is 0 Å². The van der Waals surface area contributed by atoms with Crippen LogP contribution in [0.1, 0.15) is 12.3 Å². The number of anilines is 1. The topological polar surface area (TPSA) is 111 Å². The zero-order valence-corrected chi connectivity index (χ0v) is 14.1. The summed E-state index contributed by atoms with van der Waals surface area (Å²) < 4.78 is 5.13. The van der Waals surface area contributed by atoms with E-state index < -0.39 is 10.8 Å². The number of benzene rings is 2. The minimum atomic E-state index is -0.552. The van der Waals surface area contributed by atoms with Gasteiger partial charge in [-0.3, -0.25) is 14.9 Å². The first-order valence-corrected chi connectivity index (χ1v) is 8.03. The molecule has 1 heterocycles. The summed E-state index contributed by atoms with van der Waals surface area (Å²) in [6.45, 7) is 0. The third-order valence-corrected chi connectivity index (χ3v) is 3.85. The van der Waals surface area contributed by atoms with Gasteiger partial charge in [0.1, 0.15) is 5.69 Å². The minimum Gasteiger partial charge on any atom is -0.339 e. The van der Waals surface area contributed by atoms with Gasteiger partial charge >= 0.3 is 0 Å². The van der Waals surface area contributed by atoms with Crippen molar-refractivity contribution in [1.82, 2.24) is 10.1 Å². The average Bonchev–Trinajstić information content (AvgIpc) is 3.09. The molecule has 9 heteroatoms. The van der Waals surface area contributed by atoms with Crippen molar-refractivity contribution in [2.75, 3.05) is 5.32 Å². The van der Waals surface area contributed by atoms with Gasteiger partial charge in [0.25, 0.3) is 5.69 Å². The number of rotatable bonds is 6. The zero-order valence-electron chi connectivity index (χ0n) is 13.4. The molecular formula is C17H13ClN4O4. The van der Waals surface area contributed by atoms with Gasteiger partial charge in [-0.05, 0) is 18.2 Å². The summed E-state index contributed by atoms with van der Waals surface area (Å²) in [6.07, 6.45) is 0.236. The molecule has 26 heavy (non-hydrogen) atoms. The number of hydrogen-bond acceptors (Lipinski definition) is 6. The summed E-state index contributed by atoms with van der Waals surface area (Å²) in [5.41, 5.74) is 0.609. The molecule has 0 atom stereocenters. The van der Waals surface area contributed by atoms with Crippen molar-refractivity contribution in [2.24, 2.45) is 0 Å². The summed E-state index contributed by atoms with van der Waals surface area (Å²) in [7, 11) is 0. The molecule has 0 saturated heterocycles. The number of nitrogens with zero attached hydrogens (tertiary/aromatic N) is 3. The molecule has 0 aliphatic carbocycles. The Morgan fingerprint density at radius 3 is 2.69 bits per heavy atom. The third kappa shape index (κ3) is 4.04. The van der Waals surface area contributed by atoms with Crippen molar-refractivity contribution in [3.63, 3.8) is 0 Å². The Kier molecular flexibility index (Phi) is 5.23. The SMILES string of the molecule is O=C(CCc1nc(-c2ccccc2Cl)no1)Nc1ccccc1[N+](=O)[O-]. The van der Waals surface area contributed by atoms with Crippen LogP contribution in [0.2, 0.25) is 5.02 Å². The van der Waals surface area contributed by atoms with Crippen LogP contribution < -0.4 is 5.32 Å². The van der Waals surface area contributed by atoms with Crippen LogP contribution in [0.5, 0.6) is 0 Å². The quantitative estimate of drug-likeness (QED) is 0.519. The first kappa shape index (κ1) is 17.6. The standard InChI is InChI=1S/C17H13ClN4O4/c18-12-6-2-1-5-11(12)17-20-16(26-21-17)10-9-15(23)19-13-7-3-4-8-14(13)22(24)25/h1-8H,9-10H2,(H,19,23). The Bertz CT molecular complexity index is 957.